The van der Waals surface area contributed by atoms with Crippen molar-refractivity contribution in [3.63, 3.8) is 0 Å². The van der Waals surface area contributed by atoms with Crippen LogP contribution >= 0.6 is 11.3 Å². The van der Waals surface area contributed by atoms with E-state index in [2.05, 4.69) is 35.8 Å². The van der Waals surface area contributed by atoms with Crippen molar-refractivity contribution in [1.82, 2.24) is 24.8 Å². The minimum Gasteiger partial charge on any atom is -0.367 e. The van der Waals surface area contributed by atoms with Crippen LogP contribution < -0.4 is 15.5 Å². The molecule has 10 nitrogen and oxygen atoms in total. The molecule has 1 amide bonds. The van der Waals surface area contributed by atoms with E-state index in [4.69, 9.17) is 4.74 Å². The molecular weight excluding hydrogens is 428 g/mol. The zero-order valence-electron chi connectivity index (χ0n) is 17.4. The summed E-state index contributed by atoms with van der Waals surface area (Å²) in [6.07, 6.45) is 3.82. The summed E-state index contributed by atoms with van der Waals surface area (Å²) in [6, 6.07) is 13.5. The van der Waals surface area contributed by atoms with E-state index >= 15 is 0 Å². The largest absolute Gasteiger partial charge is 0.367 e. The Balaban J connectivity index is 1.19. The summed E-state index contributed by atoms with van der Waals surface area (Å²) in [5, 5.41) is 20.2. The first-order chi connectivity index (χ1) is 15.7. The number of hydrogen-bond donors (Lipinski definition) is 2. The molecule has 0 saturated carbocycles. The maximum Gasteiger partial charge on any atom is 0.259 e. The summed E-state index contributed by atoms with van der Waals surface area (Å²) in [5.41, 5.74) is 1.61. The van der Waals surface area contributed by atoms with E-state index in [-0.39, 0.29) is 11.9 Å². The lowest BCUT2D eigenvalue weighted by atomic mass is 10.1. The van der Waals surface area contributed by atoms with Gasteiger partial charge in [-0.05, 0) is 24.1 Å². The van der Waals surface area contributed by atoms with Crippen LogP contribution in [0.1, 0.15) is 18.1 Å². The van der Waals surface area contributed by atoms with Gasteiger partial charge in [0.25, 0.3) is 5.91 Å². The number of carbonyl (C=O) groups excluding carboxylic acids is 1. The van der Waals surface area contributed by atoms with Gasteiger partial charge in [-0.1, -0.05) is 41.7 Å². The molecule has 32 heavy (non-hydrogen) atoms. The van der Waals surface area contributed by atoms with Gasteiger partial charge >= 0.3 is 0 Å². The Morgan fingerprint density at radius 3 is 2.88 bits per heavy atom. The summed E-state index contributed by atoms with van der Waals surface area (Å²) in [6.45, 7) is 1.69. The third kappa shape index (κ3) is 4.25. The third-order valence-electron chi connectivity index (χ3n) is 5.31. The van der Waals surface area contributed by atoms with Crippen LogP contribution in [0.15, 0.2) is 54.9 Å². The van der Waals surface area contributed by atoms with Crippen LogP contribution in [0, 0.1) is 0 Å². The number of benzene rings is 1. The summed E-state index contributed by atoms with van der Waals surface area (Å²) in [7, 11) is 1.51. The quantitative estimate of drug-likeness (QED) is 0.442. The Bertz CT molecular complexity index is 1210. The third-order valence-corrected chi connectivity index (χ3v) is 6.08. The first kappa shape index (κ1) is 20.3. The number of aromatic nitrogens is 5. The lowest BCUT2D eigenvalue weighted by Crippen LogP contribution is -2.26. The van der Waals surface area contributed by atoms with Gasteiger partial charge in [-0.2, -0.15) is 0 Å². The maximum atomic E-state index is 12.6. The summed E-state index contributed by atoms with van der Waals surface area (Å²) >= 11 is 1.30. The zero-order valence-corrected chi connectivity index (χ0v) is 18.2. The van der Waals surface area contributed by atoms with Crippen LogP contribution in [0.25, 0.3) is 5.65 Å². The van der Waals surface area contributed by atoms with Crippen molar-refractivity contribution in [2.75, 3.05) is 35.7 Å². The highest BCUT2D eigenvalue weighted by molar-refractivity contribution is 7.19. The predicted molar refractivity (Wildman–Crippen MR) is 122 cm³/mol. The van der Waals surface area contributed by atoms with Gasteiger partial charge < -0.3 is 15.0 Å². The number of nitrogens with zero attached hydrogens (tertiary/aromatic N) is 6. The number of fused-ring (bicyclic) bond motifs is 1. The second kappa shape index (κ2) is 8.89. The molecule has 0 aliphatic carbocycles. The standard InChI is InChI=1S/C21H22N8O2S/c1-31-18(14-5-3-2-4-6-14)19(30)24-21-26-25-20(32-21)23-15-9-11-28(13-15)17-8-7-16-22-10-12-29(16)27-17/h2-8,10,12,15,18H,9,11,13H2,1H3,(H,23,25)(H,24,26,30)/t15-,18-/m1/s1. The summed E-state index contributed by atoms with van der Waals surface area (Å²) in [5.74, 6) is 0.631. The van der Waals surface area contributed by atoms with Crippen LogP contribution in [0.2, 0.25) is 0 Å². The Hall–Kier alpha value is -3.57. The molecule has 2 N–H and O–H groups in total. The van der Waals surface area contributed by atoms with E-state index in [1.807, 2.05) is 48.7 Å². The first-order valence-corrected chi connectivity index (χ1v) is 11.1. The smallest absolute Gasteiger partial charge is 0.259 e. The molecule has 2 atom stereocenters. The van der Waals surface area contributed by atoms with Gasteiger partial charge in [0.2, 0.25) is 10.3 Å². The van der Waals surface area contributed by atoms with Crippen molar-refractivity contribution < 1.29 is 9.53 Å². The SMILES string of the molecule is CO[C@@H](C(=O)Nc1nnc(N[C@@H]2CCN(c3ccc4nccn4n3)C2)s1)c1ccccc1. The number of methoxy groups -OCH3 is 1. The monoisotopic (exact) mass is 450 g/mol. The van der Waals surface area contributed by atoms with Crippen LogP contribution in [-0.4, -0.2) is 56.9 Å². The predicted octanol–water partition coefficient (Wildman–Crippen LogP) is 2.60. The number of anilines is 3. The van der Waals surface area contributed by atoms with E-state index in [9.17, 15) is 4.79 Å². The van der Waals surface area contributed by atoms with Gasteiger partial charge in [0.15, 0.2) is 11.8 Å². The molecule has 5 rings (SSSR count). The molecule has 0 radical (unpaired) electrons. The summed E-state index contributed by atoms with van der Waals surface area (Å²) in [4.78, 5) is 19.1. The van der Waals surface area contributed by atoms with Crippen molar-refractivity contribution in [2.45, 2.75) is 18.6 Å². The highest BCUT2D eigenvalue weighted by atomic mass is 32.1. The lowest BCUT2D eigenvalue weighted by Gasteiger charge is -2.17. The number of imidazole rings is 1. The number of nitrogens with one attached hydrogen (secondary N) is 2. The van der Waals surface area contributed by atoms with Crippen molar-refractivity contribution in [1.29, 1.82) is 0 Å². The van der Waals surface area contributed by atoms with Gasteiger partial charge in [0.05, 0.1) is 0 Å². The molecular formula is C21H22N8O2S. The molecule has 4 heterocycles. The van der Waals surface area contributed by atoms with Crippen molar-refractivity contribution >= 4 is 39.0 Å². The van der Waals surface area contributed by atoms with Gasteiger partial charge in [0.1, 0.15) is 5.82 Å². The minimum atomic E-state index is -0.708. The van der Waals surface area contributed by atoms with E-state index in [1.165, 1.54) is 18.4 Å². The fourth-order valence-corrected chi connectivity index (χ4v) is 4.48. The van der Waals surface area contributed by atoms with E-state index in [0.29, 0.717) is 10.3 Å². The van der Waals surface area contributed by atoms with Crippen LogP contribution in [0.3, 0.4) is 0 Å². The Morgan fingerprint density at radius 1 is 1.19 bits per heavy atom. The second-order valence-corrected chi connectivity index (χ2v) is 8.40. The van der Waals surface area contributed by atoms with Gasteiger partial charge in [-0.15, -0.1) is 15.3 Å². The molecule has 0 spiro atoms. The van der Waals surface area contributed by atoms with Gasteiger partial charge in [-0.25, -0.2) is 9.50 Å². The molecule has 1 fully saturated rings. The fraction of sp³-hybridized carbons (Fsp3) is 0.286. The van der Waals surface area contributed by atoms with Gasteiger partial charge in [-0.3, -0.25) is 10.1 Å². The Kier molecular flexibility index (Phi) is 5.65. The van der Waals surface area contributed by atoms with Crippen molar-refractivity contribution in [3.8, 4) is 0 Å². The fourth-order valence-electron chi connectivity index (χ4n) is 3.76. The molecule has 4 aromatic rings. The maximum absolute atomic E-state index is 12.6. The van der Waals surface area contributed by atoms with Crippen LogP contribution in [-0.2, 0) is 9.53 Å². The molecule has 0 bridgehead atoms. The molecule has 164 valence electrons. The average molecular weight is 451 g/mol. The highest BCUT2D eigenvalue weighted by Gasteiger charge is 2.25. The lowest BCUT2D eigenvalue weighted by molar-refractivity contribution is -0.126. The molecule has 1 aliphatic rings. The summed E-state index contributed by atoms with van der Waals surface area (Å²) < 4.78 is 7.15. The van der Waals surface area contributed by atoms with E-state index in [0.717, 1.165) is 36.5 Å². The van der Waals surface area contributed by atoms with Gasteiger partial charge in [0, 0.05) is 38.6 Å². The molecule has 0 unspecified atom stereocenters. The average Bonchev–Trinajstić information content (AvgIpc) is 3.56. The Labute approximate surface area is 188 Å². The topological polar surface area (TPSA) is 110 Å². The Morgan fingerprint density at radius 2 is 2.03 bits per heavy atom. The number of amides is 1. The molecule has 1 aliphatic heterocycles. The number of hydrogen-bond acceptors (Lipinski definition) is 9. The first-order valence-electron chi connectivity index (χ1n) is 10.2. The minimum absolute atomic E-state index is 0.211. The molecule has 11 heteroatoms. The highest BCUT2D eigenvalue weighted by Crippen LogP contribution is 2.26. The van der Waals surface area contributed by atoms with Crippen LogP contribution in [0.5, 0.6) is 0 Å². The molecule has 1 saturated heterocycles. The van der Waals surface area contributed by atoms with Crippen molar-refractivity contribution in [3.05, 3.63) is 60.4 Å². The second-order valence-electron chi connectivity index (χ2n) is 7.43. The zero-order chi connectivity index (χ0) is 21.9. The number of carbonyl (C=O) groups is 1. The van der Waals surface area contributed by atoms with E-state index in [1.54, 1.807) is 10.7 Å². The molecule has 3 aromatic heterocycles. The van der Waals surface area contributed by atoms with Crippen LogP contribution in [0.4, 0.5) is 16.1 Å². The number of rotatable bonds is 7. The van der Waals surface area contributed by atoms with Crippen molar-refractivity contribution in [2.24, 2.45) is 0 Å². The number of ether oxygens (including phenoxy) is 1. The normalized spacial score (nSPS) is 16.9. The molecule has 1 aromatic carbocycles. The van der Waals surface area contributed by atoms with E-state index < -0.39 is 6.10 Å².